The standard InChI is InChI=1S/C12H16N2O2/c1-12(2,7-13)8-14-6-9-3-4-10(15)5-11(9)16/h3-5,14-16H,6,8H2,1-2H3. The van der Waals surface area contributed by atoms with Crippen LogP contribution in [0.5, 0.6) is 11.5 Å². The molecule has 0 amide bonds. The van der Waals surface area contributed by atoms with Gasteiger partial charge >= 0.3 is 0 Å². The predicted octanol–water partition coefficient (Wildman–Crippen LogP) is 1.74. The van der Waals surface area contributed by atoms with E-state index in [0.29, 0.717) is 18.7 Å². The lowest BCUT2D eigenvalue weighted by Gasteiger charge is -2.16. The molecule has 0 aromatic heterocycles. The maximum atomic E-state index is 9.51. The summed E-state index contributed by atoms with van der Waals surface area (Å²) >= 11 is 0. The van der Waals surface area contributed by atoms with Crippen molar-refractivity contribution in [3.05, 3.63) is 23.8 Å². The highest BCUT2D eigenvalue weighted by Gasteiger charge is 2.15. The number of nitrogens with zero attached hydrogens (tertiary/aromatic N) is 1. The van der Waals surface area contributed by atoms with Gasteiger partial charge in [-0.3, -0.25) is 0 Å². The van der Waals surface area contributed by atoms with Gasteiger partial charge in [0, 0.05) is 24.7 Å². The normalized spacial score (nSPS) is 11.1. The van der Waals surface area contributed by atoms with Crippen molar-refractivity contribution >= 4 is 0 Å². The molecule has 1 rings (SSSR count). The Morgan fingerprint density at radius 2 is 2.06 bits per heavy atom. The number of phenolic OH excluding ortho intramolecular Hbond substituents is 2. The summed E-state index contributed by atoms with van der Waals surface area (Å²) in [6.07, 6.45) is 0. The SMILES string of the molecule is CC(C)(C#N)CNCc1ccc(O)cc1O. The van der Waals surface area contributed by atoms with E-state index in [2.05, 4.69) is 11.4 Å². The number of hydrogen-bond acceptors (Lipinski definition) is 4. The minimum Gasteiger partial charge on any atom is -0.508 e. The van der Waals surface area contributed by atoms with Gasteiger partial charge < -0.3 is 15.5 Å². The van der Waals surface area contributed by atoms with Gasteiger partial charge in [-0.1, -0.05) is 6.07 Å². The summed E-state index contributed by atoms with van der Waals surface area (Å²) in [6.45, 7) is 4.70. The molecule has 0 atom stereocenters. The van der Waals surface area contributed by atoms with Crippen molar-refractivity contribution in [3.8, 4) is 17.6 Å². The zero-order valence-electron chi connectivity index (χ0n) is 9.49. The van der Waals surface area contributed by atoms with E-state index < -0.39 is 5.41 Å². The monoisotopic (exact) mass is 220 g/mol. The molecule has 0 aliphatic rings. The van der Waals surface area contributed by atoms with Crippen molar-refractivity contribution in [1.29, 1.82) is 5.26 Å². The van der Waals surface area contributed by atoms with Crippen LogP contribution < -0.4 is 5.32 Å². The first-order chi connectivity index (χ1) is 7.44. The van der Waals surface area contributed by atoms with Crippen molar-refractivity contribution in [2.75, 3.05) is 6.54 Å². The second kappa shape index (κ2) is 4.86. The first-order valence-corrected chi connectivity index (χ1v) is 5.07. The Labute approximate surface area is 95.2 Å². The molecule has 0 saturated carbocycles. The van der Waals surface area contributed by atoms with Gasteiger partial charge in [-0.05, 0) is 19.9 Å². The van der Waals surface area contributed by atoms with Crippen LogP contribution in [0.25, 0.3) is 0 Å². The highest BCUT2D eigenvalue weighted by atomic mass is 16.3. The molecule has 0 unspecified atom stereocenters. The van der Waals surface area contributed by atoms with Gasteiger partial charge in [0.1, 0.15) is 11.5 Å². The van der Waals surface area contributed by atoms with Crippen LogP contribution in [0.2, 0.25) is 0 Å². The lowest BCUT2D eigenvalue weighted by Crippen LogP contribution is -2.27. The summed E-state index contributed by atoms with van der Waals surface area (Å²) in [5.74, 6) is 0.0980. The van der Waals surface area contributed by atoms with Gasteiger partial charge in [0.25, 0.3) is 0 Å². The van der Waals surface area contributed by atoms with E-state index in [0.717, 1.165) is 0 Å². The Morgan fingerprint density at radius 3 is 2.62 bits per heavy atom. The van der Waals surface area contributed by atoms with E-state index in [1.54, 1.807) is 6.07 Å². The van der Waals surface area contributed by atoms with Gasteiger partial charge in [-0.2, -0.15) is 5.26 Å². The van der Waals surface area contributed by atoms with Crippen molar-refractivity contribution in [2.45, 2.75) is 20.4 Å². The topological polar surface area (TPSA) is 76.3 Å². The van der Waals surface area contributed by atoms with Crippen molar-refractivity contribution < 1.29 is 10.2 Å². The molecule has 0 bridgehead atoms. The first-order valence-electron chi connectivity index (χ1n) is 5.07. The Hall–Kier alpha value is -1.73. The number of phenols is 2. The van der Waals surface area contributed by atoms with E-state index in [4.69, 9.17) is 10.4 Å². The largest absolute Gasteiger partial charge is 0.508 e. The third kappa shape index (κ3) is 3.44. The molecular formula is C12H16N2O2. The Morgan fingerprint density at radius 1 is 1.38 bits per heavy atom. The molecule has 0 radical (unpaired) electrons. The third-order valence-electron chi connectivity index (χ3n) is 2.25. The smallest absolute Gasteiger partial charge is 0.123 e. The predicted molar refractivity (Wildman–Crippen MR) is 60.9 cm³/mol. The second-order valence-electron chi connectivity index (χ2n) is 4.41. The first kappa shape index (κ1) is 12.3. The number of rotatable bonds is 4. The molecule has 0 heterocycles. The molecule has 3 N–H and O–H groups in total. The minimum atomic E-state index is -0.424. The van der Waals surface area contributed by atoms with E-state index in [1.165, 1.54) is 12.1 Å². The van der Waals surface area contributed by atoms with E-state index in [9.17, 15) is 5.11 Å². The molecule has 86 valence electrons. The van der Waals surface area contributed by atoms with Crippen LogP contribution in [0.4, 0.5) is 0 Å². The van der Waals surface area contributed by atoms with Gasteiger partial charge in [0.05, 0.1) is 11.5 Å². The van der Waals surface area contributed by atoms with Crippen LogP contribution in [0, 0.1) is 16.7 Å². The molecule has 0 aliphatic carbocycles. The fraction of sp³-hybridized carbons (Fsp3) is 0.417. The maximum Gasteiger partial charge on any atom is 0.123 e. The van der Waals surface area contributed by atoms with E-state index in [-0.39, 0.29) is 11.5 Å². The quantitative estimate of drug-likeness (QED) is 0.722. The molecule has 0 aliphatic heterocycles. The van der Waals surface area contributed by atoms with Crippen LogP contribution >= 0.6 is 0 Å². The second-order valence-corrected chi connectivity index (χ2v) is 4.41. The number of aromatic hydroxyl groups is 2. The Kier molecular flexibility index (Phi) is 3.75. The molecule has 1 aromatic rings. The van der Waals surface area contributed by atoms with Gasteiger partial charge in [-0.15, -0.1) is 0 Å². The molecule has 16 heavy (non-hydrogen) atoms. The third-order valence-corrected chi connectivity index (χ3v) is 2.25. The van der Waals surface area contributed by atoms with Crippen molar-refractivity contribution in [3.63, 3.8) is 0 Å². The lowest BCUT2D eigenvalue weighted by atomic mass is 9.96. The van der Waals surface area contributed by atoms with Crippen LogP contribution in [-0.2, 0) is 6.54 Å². The summed E-state index contributed by atoms with van der Waals surface area (Å²) in [5, 5.41) is 30.5. The Bertz CT molecular complexity index is 408. The molecule has 0 fully saturated rings. The number of nitrogens with one attached hydrogen (secondary N) is 1. The minimum absolute atomic E-state index is 0.0404. The van der Waals surface area contributed by atoms with Crippen LogP contribution in [0.15, 0.2) is 18.2 Å². The fourth-order valence-corrected chi connectivity index (χ4v) is 1.25. The summed E-state index contributed by atoms with van der Waals surface area (Å²) in [5.41, 5.74) is 0.276. The molecule has 0 saturated heterocycles. The number of benzene rings is 1. The molecule has 1 aromatic carbocycles. The highest BCUT2D eigenvalue weighted by molar-refractivity contribution is 5.38. The van der Waals surface area contributed by atoms with Crippen molar-refractivity contribution in [2.24, 2.45) is 5.41 Å². The molecule has 4 heteroatoms. The number of hydrogen-bond donors (Lipinski definition) is 3. The molecule has 0 spiro atoms. The van der Waals surface area contributed by atoms with Crippen LogP contribution in [0.1, 0.15) is 19.4 Å². The molecular weight excluding hydrogens is 204 g/mol. The van der Waals surface area contributed by atoms with Crippen molar-refractivity contribution in [1.82, 2.24) is 5.32 Å². The maximum absolute atomic E-state index is 9.51. The van der Waals surface area contributed by atoms with Gasteiger partial charge in [0.15, 0.2) is 0 Å². The highest BCUT2D eigenvalue weighted by Crippen LogP contribution is 2.22. The summed E-state index contributed by atoms with van der Waals surface area (Å²) < 4.78 is 0. The van der Waals surface area contributed by atoms with Crippen LogP contribution in [0.3, 0.4) is 0 Å². The fourth-order valence-electron chi connectivity index (χ4n) is 1.25. The summed E-state index contributed by atoms with van der Waals surface area (Å²) in [7, 11) is 0. The molecule has 4 nitrogen and oxygen atoms in total. The average Bonchev–Trinajstić information content (AvgIpc) is 2.21. The van der Waals surface area contributed by atoms with Gasteiger partial charge in [-0.25, -0.2) is 0 Å². The van der Waals surface area contributed by atoms with E-state index >= 15 is 0 Å². The zero-order valence-corrected chi connectivity index (χ0v) is 9.49. The average molecular weight is 220 g/mol. The van der Waals surface area contributed by atoms with Gasteiger partial charge in [0.2, 0.25) is 0 Å². The van der Waals surface area contributed by atoms with E-state index in [1.807, 2.05) is 13.8 Å². The summed E-state index contributed by atoms with van der Waals surface area (Å²) in [4.78, 5) is 0. The summed E-state index contributed by atoms with van der Waals surface area (Å²) in [6, 6.07) is 6.65. The number of nitriles is 1. The lowest BCUT2D eigenvalue weighted by molar-refractivity contribution is 0.427. The zero-order chi connectivity index (χ0) is 12.2. The Balaban J connectivity index is 2.53. The van der Waals surface area contributed by atoms with Crippen LogP contribution in [-0.4, -0.2) is 16.8 Å².